The van der Waals surface area contributed by atoms with E-state index in [0.717, 1.165) is 29.9 Å². The first-order valence-electron chi connectivity index (χ1n) is 7.61. The highest BCUT2D eigenvalue weighted by Crippen LogP contribution is 2.30. The zero-order valence-electron chi connectivity index (χ0n) is 12.6. The summed E-state index contributed by atoms with van der Waals surface area (Å²) >= 11 is 0. The first-order chi connectivity index (χ1) is 10.7. The predicted octanol–water partition coefficient (Wildman–Crippen LogP) is 0.263. The fourth-order valence-electron chi connectivity index (χ4n) is 3.17. The van der Waals surface area contributed by atoms with Gasteiger partial charge in [0.2, 0.25) is 5.91 Å². The summed E-state index contributed by atoms with van der Waals surface area (Å²) in [6, 6.07) is 2.03. The fraction of sp³-hybridized carbons (Fsp3) is 0.533. The van der Waals surface area contributed by atoms with Crippen LogP contribution in [-0.2, 0) is 16.6 Å². The molecule has 2 aliphatic heterocycles. The van der Waals surface area contributed by atoms with Crippen molar-refractivity contribution in [2.45, 2.75) is 0 Å². The smallest absolute Gasteiger partial charge is 0.229 e. The maximum Gasteiger partial charge on any atom is 0.229 e. The van der Waals surface area contributed by atoms with Crippen LogP contribution in [0.5, 0.6) is 0 Å². The number of carbonyl (C=O) groups excluding carboxylic acids is 1. The Kier molecular flexibility index (Phi) is 3.22. The number of hydrogen-bond acceptors (Lipinski definition) is 5. The van der Waals surface area contributed by atoms with E-state index in [0.29, 0.717) is 26.3 Å². The van der Waals surface area contributed by atoms with Crippen LogP contribution in [0.4, 0.5) is 5.82 Å². The first kappa shape index (κ1) is 13.5. The van der Waals surface area contributed by atoms with Gasteiger partial charge in [-0.1, -0.05) is 0 Å². The Morgan fingerprint density at radius 2 is 2.05 bits per heavy atom. The van der Waals surface area contributed by atoms with Crippen LogP contribution in [0.25, 0.3) is 11.0 Å². The quantitative estimate of drug-likeness (QED) is 0.796. The van der Waals surface area contributed by atoms with E-state index in [1.807, 2.05) is 28.8 Å². The Morgan fingerprint density at radius 3 is 2.82 bits per heavy atom. The van der Waals surface area contributed by atoms with E-state index in [1.165, 1.54) is 0 Å². The van der Waals surface area contributed by atoms with Crippen molar-refractivity contribution in [3.8, 4) is 0 Å². The van der Waals surface area contributed by atoms with Gasteiger partial charge in [-0.3, -0.25) is 4.79 Å². The van der Waals surface area contributed by atoms with Gasteiger partial charge < -0.3 is 19.1 Å². The molecule has 0 unspecified atom stereocenters. The number of rotatable bonds is 2. The van der Waals surface area contributed by atoms with Gasteiger partial charge in [-0.15, -0.1) is 0 Å². The Balaban J connectivity index is 1.47. The predicted molar refractivity (Wildman–Crippen MR) is 81.6 cm³/mol. The molecule has 22 heavy (non-hydrogen) atoms. The third kappa shape index (κ3) is 2.12. The number of nitrogens with zero attached hydrogens (tertiary/aromatic N) is 5. The van der Waals surface area contributed by atoms with Crippen LogP contribution in [0.1, 0.15) is 0 Å². The molecule has 2 aliphatic rings. The number of ether oxygens (including phenoxy) is 1. The number of aromatic nitrogens is 3. The molecule has 0 bridgehead atoms. The van der Waals surface area contributed by atoms with Gasteiger partial charge in [0, 0.05) is 39.4 Å². The number of morpholine rings is 1. The van der Waals surface area contributed by atoms with Crippen LogP contribution in [-0.4, -0.2) is 64.7 Å². The van der Waals surface area contributed by atoms with E-state index in [-0.39, 0.29) is 11.8 Å². The molecule has 0 spiro atoms. The van der Waals surface area contributed by atoms with Crippen molar-refractivity contribution in [1.29, 1.82) is 0 Å². The number of amides is 1. The normalized spacial score (nSPS) is 19.5. The lowest BCUT2D eigenvalue weighted by Crippen LogP contribution is -2.56. The summed E-state index contributed by atoms with van der Waals surface area (Å²) in [5.74, 6) is 1.25. The van der Waals surface area contributed by atoms with E-state index in [9.17, 15) is 4.79 Å². The van der Waals surface area contributed by atoms with Gasteiger partial charge in [0.25, 0.3) is 0 Å². The fourth-order valence-corrected chi connectivity index (χ4v) is 3.17. The van der Waals surface area contributed by atoms with Crippen molar-refractivity contribution >= 4 is 22.8 Å². The van der Waals surface area contributed by atoms with Crippen molar-refractivity contribution in [3.05, 3.63) is 18.6 Å². The molecule has 2 saturated heterocycles. The molecule has 2 fully saturated rings. The Hall–Kier alpha value is -2.15. The standard InChI is InChI=1S/C15H19N5O2/c1-18-3-2-12-13(18)16-10-17-14(12)20-8-11(9-20)15(21)19-4-6-22-7-5-19/h2-3,10-11H,4-9H2,1H3. The summed E-state index contributed by atoms with van der Waals surface area (Å²) in [5, 5.41) is 1.04. The maximum atomic E-state index is 12.4. The SMILES string of the molecule is Cn1ccc2c(N3CC(C(=O)N4CCOCC4)C3)ncnc21. The molecule has 2 aromatic rings. The summed E-state index contributed by atoms with van der Waals surface area (Å²) < 4.78 is 7.28. The molecular weight excluding hydrogens is 282 g/mol. The largest absolute Gasteiger partial charge is 0.378 e. The van der Waals surface area contributed by atoms with Crippen molar-refractivity contribution in [2.75, 3.05) is 44.3 Å². The number of carbonyl (C=O) groups is 1. The summed E-state index contributed by atoms with van der Waals surface area (Å²) in [6.07, 6.45) is 3.58. The topological polar surface area (TPSA) is 63.5 Å². The minimum absolute atomic E-state index is 0.0758. The molecular formula is C15H19N5O2. The number of aryl methyl sites for hydroxylation is 1. The van der Waals surface area contributed by atoms with Crippen LogP contribution < -0.4 is 4.90 Å². The molecule has 0 N–H and O–H groups in total. The molecule has 116 valence electrons. The van der Waals surface area contributed by atoms with Crippen LogP contribution in [0.15, 0.2) is 18.6 Å². The minimum atomic E-state index is 0.0758. The second-order valence-electron chi connectivity index (χ2n) is 5.90. The van der Waals surface area contributed by atoms with Gasteiger partial charge in [0.05, 0.1) is 24.5 Å². The monoisotopic (exact) mass is 301 g/mol. The molecule has 0 saturated carbocycles. The van der Waals surface area contributed by atoms with Crippen LogP contribution in [0.2, 0.25) is 0 Å². The molecule has 2 aromatic heterocycles. The summed E-state index contributed by atoms with van der Waals surface area (Å²) in [6.45, 7) is 4.20. The van der Waals surface area contributed by atoms with E-state index >= 15 is 0 Å². The van der Waals surface area contributed by atoms with Crippen molar-refractivity contribution in [1.82, 2.24) is 19.4 Å². The van der Waals surface area contributed by atoms with E-state index in [4.69, 9.17) is 4.74 Å². The average molecular weight is 301 g/mol. The van der Waals surface area contributed by atoms with Crippen LogP contribution in [0.3, 0.4) is 0 Å². The zero-order valence-corrected chi connectivity index (χ0v) is 12.6. The van der Waals surface area contributed by atoms with Gasteiger partial charge in [0.1, 0.15) is 17.8 Å². The molecule has 0 atom stereocenters. The van der Waals surface area contributed by atoms with Crippen LogP contribution in [0, 0.1) is 5.92 Å². The van der Waals surface area contributed by atoms with E-state index in [1.54, 1.807) is 6.33 Å². The lowest BCUT2D eigenvalue weighted by atomic mass is 9.98. The van der Waals surface area contributed by atoms with E-state index < -0.39 is 0 Å². The first-order valence-corrected chi connectivity index (χ1v) is 7.61. The van der Waals surface area contributed by atoms with E-state index in [2.05, 4.69) is 14.9 Å². The lowest BCUT2D eigenvalue weighted by molar-refractivity contribution is -0.140. The second-order valence-corrected chi connectivity index (χ2v) is 5.90. The molecule has 4 heterocycles. The minimum Gasteiger partial charge on any atom is -0.378 e. The van der Waals surface area contributed by atoms with Crippen molar-refractivity contribution in [2.24, 2.45) is 13.0 Å². The highest BCUT2D eigenvalue weighted by Gasteiger charge is 2.37. The van der Waals surface area contributed by atoms with Gasteiger partial charge in [-0.05, 0) is 6.07 Å². The zero-order chi connectivity index (χ0) is 15.1. The van der Waals surface area contributed by atoms with Crippen molar-refractivity contribution in [3.63, 3.8) is 0 Å². The third-order valence-corrected chi connectivity index (χ3v) is 4.49. The summed E-state index contributed by atoms with van der Waals surface area (Å²) in [5.41, 5.74) is 0.924. The third-order valence-electron chi connectivity index (χ3n) is 4.49. The highest BCUT2D eigenvalue weighted by molar-refractivity contribution is 5.90. The number of hydrogen-bond donors (Lipinski definition) is 0. The molecule has 0 aliphatic carbocycles. The highest BCUT2D eigenvalue weighted by atomic mass is 16.5. The average Bonchev–Trinajstić information content (AvgIpc) is 2.89. The van der Waals surface area contributed by atoms with Gasteiger partial charge in [-0.2, -0.15) is 0 Å². The number of anilines is 1. The van der Waals surface area contributed by atoms with Crippen LogP contribution >= 0.6 is 0 Å². The van der Waals surface area contributed by atoms with Crippen molar-refractivity contribution < 1.29 is 9.53 Å². The molecule has 0 aromatic carbocycles. The Labute approximate surface area is 128 Å². The summed E-state index contributed by atoms with van der Waals surface area (Å²) in [7, 11) is 1.97. The molecule has 0 radical (unpaired) electrons. The maximum absolute atomic E-state index is 12.4. The number of fused-ring (bicyclic) bond motifs is 1. The second kappa shape index (κ2) is 5.24. The van der Waals surface area contributed by atoms with Gasteiger partial charge in [-0.25, -0.2) is 9.97 Å². The van der Waals surface area contributed by atoms with Gasteiger partial charge >= 0.3 is 0 Å². The Morgan fingerprint density at radius 1 is 1.27 bits per heavy atom. The molecule has 7 nitrogen and oxygen atoms in total. The summed E-state index contributed by atoms with van der Waals surface area (Å²) in [4.78, 5) is 25.2. The van der Waals surface area contributed by atoms with Gasteiger partial charge in [0.15, 0.2) is 0 Å². The Bertz CT molecular complexity index is 701. The molecule has 1 amide bonds. The molecule has 7 heteroatoms. The molecule has 4 rings (SSSR count). The lowest BCUT2D eigenvalue weighted by Gasteiger charge is -2.42.